The van der Waals surface area contributed by atoms with Crippen LogP contribution in [0.15, 0.2) is 111 Å². The van der Waals surface area contributed by atoms with Gasteiger partial charge in [0, 0.05) is 22.3 Å². The topological polar surface area (TPSA) is 215 Å². The minimum atomic E-state index is -4.39. The summed E-state index contributed by atoms with van der Waals surface area (Å²) < 4.78 is 37.2. The monoisotopic (exact) mass is 652 g/mol. The van der Waals surface area contributed by atoms with Gasteiger partial charge in [0.15, 0.2) is 5.75 Å². The molecule has 2 amide bonds. The Bertz CT molecular complexity index is 2400. The molecule has 5 aromatic carbocycles. The van der Waals surface area contributed by atoms with Crippen molar-refractivity contribution in [1.82, 2.24) is 9.97 Å². The molecule has 0 radical (unpaired) electrons. The fourth-order valence-corrected chi connectivity index (χ4v) is 5.31. The summed E-state index contributed by atoms with van der Waals surface area (Å²) in [7, 11) is -2.98. The van der Waals surface area contributed by atoms with Gasteiger partial charge in [-0.3, -0.25) is 14.1 Å². The van der Waals surface area contributed by atoms with Crippen molar-refractivity contribution in [2.75, 3.05) is 17.7 Å². The summed E-state index contributed by atoms with van der Waals surface area (Å²) in [5.41, 5.74) is 1.52. The molecular weight excluding hydrogens is 628 g/mol. The normalized spacial score (nSPS) is 11.6. The molecule has 236 valence electrons. The van der Waals surface area contributed by atoms with Crippen LogP contribution < -0.4 is 21.1 Å². The van der Waals surface area contributed by atoms with Gasteiger partial charge in [-0.25, -0.2) is 4.79 Å². The van der Waals surface area contributed by atoms with Crippen molar-refractivity contribution in [2.45, 2.75) is 4.90 Å². The van der Waals surface area contributed by atoms with Crippen LogP contribution in [0.2, 0.25) is 0 Å². The number of aromatic hydroxyl groups is 1. The average molecular weight is 653 g/mol. The number of imidazole rings is 1. The molecule has 6 rings (SSSR count). The van der Waals surface area contributed by atoms with E-state index in [0.717, 1.165) is 12.1 Å². The number of benzene rings is 5. The van der Waals surface area contributed by atoms with E-state index in [2.05, 4.69) is 30.8 Å². The summed E-state index contributed by atoms with van der Waals surface area (Å²) in [6.07, 6.45) is 0. The lowest BCUT2D eigenvalue weighted by atomic mass is 10.0. The fourth-order valence-electron chi connectivity index (χ4n) is 4.83. The number of carbonyl (C=O) groups is 2. The lowest BCUT2D eigenvalue weighted by molar-refractivity contribution is 0.101. The van der Waals surface area contributed by atoms with E-state index in [1.807, 2.05) is 0 Å². The number of fused-ring (bicyclic) bond motifs is 2. The number of aromatic nitrogens is 2. The summed E-state index contributed by atoms with van der Waals surface area (Å²) in [6, 6.07) is 22.6. The fraction of sp³-hybridized carbons (Fsp3) is 0.0312. The quantitative estimate of drug-likeness (QED) is 0.0858. The van der Waals surface area contributed by atoms with Crippen LogP contribution in [-0.2, 0) is 10.1 Å². The van der Waals surface area contributed by atoms with Crippen LogP contribution in [0.5, 0.6) is 11.5 Å². The lowest BCUT2D eigenvalue weighted by Gasteiger charge is -2.12. The summed E-state index contributed by atoms with van der Waals surface area (Å²) in [6.45, 7) is 0. The van der Waals surface area contributed by atoms with Gasteiger partial charge in [-0.2, -0.15) is 8.42 Å². The number of hydrogen-bond donors (Lipinski definition) is 6. The first-order valence-electron chi connectivity index (χ1n) is 13.8. The number of aromatic amines is 2. The first kappa shape index (κ1) is 30.7. The summed E-state index contributed by atoms with van der Waals surface area (Å²) >= 11 is 0. The molecule has 1 aromatic heterocycles. The van der Waals surface area contributed by atoms with Crippen molar-refractivity contribution in [1.29, 1.82) is 0 Å². The van der Waals surface area contributed by atoms with E-state index >= 15 is 0 Å². The van der Waals surface area contributed by atoms with Crippen LogP contribution in [0.1, 0.15) is 20.7 Å². The highest BCUT2D eigenvalue weighted by atomic mass is 32.2. The van der Waals surface area contributed by atoms with E-state index in [9.17, 15) is 32.5 Å². The maximum atomic E-state index is 13.4. The lowest BCUT2D eigenvalue weighted by Crippen LogP contribution is -2.12. The second-order valence-corrected chi connectivity index (χ2v) is 11.6. The third kappa shape index (κ3) is 6.42. The second-order valence-electron chi connectivity index (χ2n) is 10.2. The third-order valence-corrected chi connectivity index (χ3v) is 7.99. The zero-order valence-electron chi connectivity index (χ0n) is 24.3. The number of amides is 2. The van der Waals surface area contributed by atoms with Crippen LogP contribution in [-0.4, -0.2) is 47.0 Å². The zero-order valence-corrected chi connectivity index (χ0v) is 25.1. The first-order chi connectivity index (χ1) is 22.5. The van der Waals surface area contributed by atoms with Gasteiger partial charge in [0.05, 0.1) is 28.6 Å². The van der Waals surface area contributed by atoms with Gasteiger partial charge in [0.25, 0.3) is 21.9 Å². The zero-order chi connectivity index (χ0) is 33.3. The SMILES string of the molecule is COc1ccc(C(=O)Nc2ccc(S(=O)(=O)O)cc2)cc1N=Nc1c(O)c(C(=O)Nc2ccc3[nH]c(=O)[nH]c3c2)cc2ccccc12. The van der Waals surface area contributed by atoms with Crippen molar-refractivity contribution < 1.29 is 32.4 Å². The first-order valence-corrected chi connectivity index (χ1v) is 15.2. The molecule has 0 saturated heterocycles. The highest BCUT2D eigenvalue weighted by Crippen LogP contribution is 2.40. The number of methoxy groups -OCH3 is 1. The number of nitrogens with one attached hydrogen (secondary N) is 4. The maximum Gasteiger partial charge on any atom is 0.323 e. The van der Waals surface area contributed by atoms with Gasteiger partial charge < -0.3 is 30.4 Å². The van der Waals surface area contributed by atoms with Crippen LogP contribution in [0, 0.1) is 0 Å². The molecule has 0 bridgehead atoms. The molecule has 0 unspecified atom stereocenters. The van der Waals surface area contributed by atoms with Crippen LogP contribution in [0.4, 0.5) is 22.7 Å². The van der Waals surface area contributed by atoms with Crippen molar-refractivity contribution in [3.05, 3.63) is 113 Å². The number of anilines is 2. The van der Waals surface area contributed by atoms with E-state index in [1.54, 1.807) is 42.5 Å². The molecule has 14 nitrogen and oxygen atoms in total. The number of H-pyrrole nitrogens is 2. The number of azo groups is 1. The summed E-state index contributed by atoms with van der Waals surface area (Å²) in [5, 5.41) is 26.3. The molecule has 0 aliphatic carbocycles. The molecule has 0 aliphatic heterocycles. The highest BCUT2D eigenvalue weighted by molar-refractivity contribution is 7.85. The summed E-state index contributed by atoms with van der Waals surface area (Å²) in [4.78, 5) is 42.9. The third-order valence-electron chi connectivity index (χ3n) is 7.12. The average Bonchev–Trinajstić information content (AvgIpc) is 3.43. The molecule has 6 aromatic rings. The number of nitrogens with zero attached hydrogens (tertiary/aromatic N) is 2. The number of phenolic OH excluding ortho intramolecular Hbond substituents is 1. The van der Waals surface area contributed by atoms with Crippen LogP contribution >= 0.6 is 0 Å². The summed E-state index contributed by atoms with van der Waals surface area (Å²) in [5.74, 6) is -1.37. The van der Waals surface area contributed by atoms with E-state index in [1.165, 1.54) is 43.5 Å². The number of rotatable bonds is 8. The van der Waals surface area contributed by atoms with Crippen molar-refractivity contribution >= 4 is 66.5 Å². The van der Waals surface area contributed by atoms with Gasteiger partial charge in [-0.15, -0.1) is 10.2 Å². The van der Waals surface area contributed by atoms with Gasteiger partial charge in [0.1, 0.15) is 17.1 Å². The maximum absolute atomic E-state index is 13.4. The minimum Gasteiger partial charge on any atom is -0.505 e. The second kappa shape index (κ2) is 12.2. The Morgan fingerprint density at radius 1 is 0.809 bits per heavy atom. The number of ether oxygens (including phenoxy) is 1. The Kier molecular flexibility index (Phi) is 7.99. The van der Waals surface area contributed by atoms with Crippen molar-refractivity contribution in [3.8, 4) is 11.5 Å². The van der Waals surface area contributed by atoms with E-state index in [-0.39, 0.29) is 44.5 Å². The van der Waals surface area contributed by atoms with Gasteiger partial charge in [-0.1, -0.05) is 24.3 Å². The molecule has 0 saturated carbocycles. The van der Waals surface area contributed by atoms with Crippen molar-refractivity contribution in [2.24, 2.45) is 10.2 Å². The van der Waals surface area contributed by atoms with Crippen LogP contribution in [0.25, 0.3) is 21.8 Å². The van der Waals surface area contributed by atoms with Crippen molar-refractivity contribution in [3.63, 3.8) is 0 Å². The largest absolute Gasteiger partial charge is 0.505 e. The number of phenols is 1. The predicted molar refractivity (Wildman–Crippen MR) is 174 cm³/mol. The Morgan fingerprint density at radius 3 is 2.26 bits per heavy atom. The highest BCUT2D eigenvalue weighted by Gasteiger charge is 2.20. The molecule has 0 aliphatic rings. The Balaban J connectivity index is 1.31. The Morgan fingerprint density at radius 2 is 1.51 bits per heavy atom. The Hall–Kier alpha value is -6.32. The molecular formula is C32H24N6O8S. The van der Waals surface area contributed by atoms with Crippen LogP contribution in [0.3, 0.4) is 0 Å². The number of carbonyl (C=O) groups excluding carboxylic acids is 2. The molecule has 0 fully saturated rings. The van der Waals surface area contributed by atoms with E-state index in [0.29, 0.717) is 27.5 Å². The molecule has 6 N–H and O–H groups in total. The standard InChI is InChI=1S/C32H24N6O8S/c1-46-27-13-6-18(30(40)33-19-7-10-21(11-8-19)47(43,44)45)15-26(27)37-38-28-22-5-3-2-4-17(22)14-23(29(28)39)31(41)34-20-9-12-24-25(16-20)36-32(42)35-24/h2-16,39H,1H3,(H,33,40)(H,34,41)(H2,35,36,42)(H,43,44,45). The number of hydrogen-bond acceptors (Lipinski definition) is 9. The Labute approximate surface area is 265 Å². The molecule has 0 atom stereocenters. The predicted octanol–water partition coefficient (Wildman–Crippen LogP) is 5.89. The molecule has 15 heteroatoms. The molecule has 1 heterocycles. The van der Waals surface area contributed by atoms with Gasteiger partial charge in [0.2, 0.25) is 0 Å². The van der Waals surface area contributed by atoms with Gasteiger partial charge >= 0.3 is 5.69 Å². The molecule has 47 heavy (non-hydrogen) atoms. The smallest absolute Gasteiger partial charge is 0.323 e. The molecule has 0 spiro atoms. The minimum absolute atomic E-state index is 0.00509. The van der Waals surface area contributed by atoms with E-state index < -0.39 is 27.7 Å². The van der Waals surface area contributed by atoms with E-state index in [4.69, 9.17) is 4.74 Å². The van der Waals surface area contributed by atoms with Gasteiger partial charge in [-0.05, 0) is 72.1 Å².